The lowest BCUT2D eigenvalue weighted by molar-refractivity contribution is -0.337. The molecule has 0 aromatic rings. The Labute approximate surface area is 79.6 Å². The van der Waals surface area contributed by atoms with Gasteiger partial charge < -0.3 is 0 Å². The van der Waals surface area contributed by atoms with Crippen LogP contribution >= 0.6 is 0 Å². The van der Waals surface area contributed by atoms with E-state index in [4.69, 9.17) is 0 Å². The van der Waals surface area contributed by atoms with Crippen LogP contribution in [0.4, 0.5) is 35.1 Å². The first-order valence-electron chi connectivity index (χ1n) is 3.53. The summed E-state index contributed by atoms with van der Waals surface area (Å²) in [5, 5.41) is 0. The minimum absolute atomic E-state index is 0.245. The van der Waals surface area contributed by atoms with Gasteiger partial charge in [0.2, 0.25) is 0 Å². The number of hydrogen-bond donors (Lipinski definition) is 0. The van der Waals surface area contributed by atoms with Gasteiger partial charge in [0.25, 0.3) is 0 Å². The molecule has 0 aliphatic heterocycles. The second-order valence-electron chi connectivity index (χ2n) is 2.70. The fraction of sp³-hybridized carbons (Fsp3) is 0.714. The highest BCUT2D eigenvalue weighted by molar-refractivity contribution is 5.00. The maximum Gasteiger partial charge on any atom is 0.378 e. The molecule has 0 aromatic heterocycles. The first-order valence-corrected chi connectivity index (χ1v) is 3.53. The summed E-state index contributed by atoms with van der Waals surface area (Å²) in [7, 11) is 0. The van der Waals surface area contributed by atoms with Crippen molar-refractivity contribution < 1.29 is 35.1 Å². The molecule has 0 aliphatic rings. The number of allylic oxidation sites excluding steroid dienone is 1. The largest absolute Gasteiger partial charge is 0.378 e. The van der Waals surface area contributed by atoms with Crippen molar-refractivity contribution in [3.8, 4) is 0 Å². The summed E-state index contributed by atoms with van der Waals surface area (Å²) in [6.45, 7) is 2.64. The predicted octanol–water partition coefficient (Wildman–Crippen LogP) is 3.73. The molecule has 0 saturated heterocycles. The van der Waals surface area contributed by atoms with Crippen LogP contribution in [0.15, 0.2) is 12.7 Å². The fourth-order valence-corrected chi connectivity index (χ4v) is 0.690. The highest BCUT2D eigenvalue weighted by Crippen LogP contribution is 2.49. The van der Waals surface area contributed by atoms with E-state index in [1.54, 1.807) is 0 Å². The Morgan fingerprint density at radius 3 is 1.67 bits per heavy atom. The summed E-state index contributed by atoms with van der Waals surface area (Å²) in [4.78, 5) is 0. The smallest absolute Gasteiger partial charge is 0.203 e. The van der Waals surface area contributed by atoms with Crippen molar-refractivity contribution in [2.75, 3.05) is 0 Å². The molecule has 15 heavy (non-hydrogen) atoms. The molecule has 90 valence electrons. The van der Waals surface area contributed by atoms with Gasteiger partial charge in [0.05, 0.1) is 0 Å². The summed E-state index contributed by atoms with van der Waals surface area (Å²) >= 11 is 0. The molecule has 0 aliphatic carbocycles. The number of rotatable bonds is 5. The van der Waals surface area contributed by atoms with E-state index < -0.39 is 30.6 Å². The Morgan fingerprint density at radius 2 is 1.40 bits per heavy atom. The van der Waals surface area contributed by atoms with Crippen LogP contribution in [0.25, 0.3) is 0 Å². The van der Waals surface area contributed by atoms with E-state index in [9.17, 15) is 35.1 Å². The van der Waals surface area contributed by atoms with E-state index in [0.717, 1.165) is 0 Å². The number of hydrogen-bond acceptors (Lipinski definition) is 0. The Balaban J connectivity index is 5.19. The van der Waals surface area contributed by atoms with Crippen molar-refractivity contribution in [2.24, 2.45) is 0 Å². The normalized spacial score (nSPS) is 14.5. The summed E-state index contributed by atoms with van der Waals surface area (Å²) in [6.07, 6.45) is -6.44. The molecular weight excluding hydrogens is 236 g/mol. The van der Waals surface area contributed by atoms with Gasteiger partial charge in [-0.1, -0.05) is 6.08 Å². The van der Waals surface area contributed by atoms with Crippen LogP contribution in [-0.4, -0.2) is 24.2 Å². The molecular formula is C7H6F8. The highest BCUT2D eigenvalue weighted by Gasteiger charge is 2.74. The maximum atomic E-state index is 12.4. The molecule has 0 nitrogen and oxygen atoms in total. The SMILES string of the molecule is C=CCC(F)(F)C(F)(F)C(F)(F)C(F)F. The van der Waals surface area contributed by atoms with Crippen LogP contribution in [0.2, 0.25) is 0 Å². The lowest BCUT2D eigenvalue weighted by Gasteiger charge is -2.31. The van der Waals surface area contributed by atoms with Crippen LogP contribution in [0, 0.1) is 0 Å². The molecule has 0 saturated carbocycles. The van der Waals surface area contributed by atoms with Crippen molar-refractivity contribution >= 4 is 0 Å². The molecule has 0 fully saturated rings. The minimum Gasteiger partial charge on any atom is -0.203 e. The maximum absolute atomic E-state index is 12.4. The van der Waals surface area contributed by atoms with Gasteiger partial charge in [-0.3, -0.25) is 0 Å². The van der Waals surface area contributed by atoms with Crippen LogP contribution in [-0.2, 0) is 0 Å². The molecule has 0 N–H and O–H groups in total. The molecule has 0 amide bonds. The van der Waals surface area contributed by atoms with Gasteiger partial charge >= 0.3 is 24.2 Å². The predicted molar refractivity (Wildman–Crippen MR) is 35.7 cm³/mol. The van der Waals surface area contributed by atoms with Gasteiger partial charge in [0, 0.05) is 6.42 Å². The third kappa shape index (κ3) is 2.23. The van der Waals surface area contributed by atoms with Crippen molar-refractivity contribution in [3.63, 3.8) is 0 Å². The van der Waals surface area contributed by atoms with Crippen LogP contribution < -0.4 is 0 Å². The fourth-order valence-electron chi connectivity index (χ4n) is 0.690. The third-order valence-electron chi connectivity index (χ3n) is 1.55. The van der Waals surface area contributed by atoms with E-state index >= 15 is 0 Å². The van der Waals surface area contributed by atoms with E-state index in [0.29, 0.717) is 0 Å². The molecule has 0 rings (SSSR count). The zero-order valence-corrected chi connectivity index (χ0v) is 7.09. The van der Waals surface area contributed by atoms with Gasteiger partial charge in [0.15, 0.2) is 0 Å². The summed E-state index contributed by atoms with van der Waals surface area (Å²) in [5.74, 6) is -17.5. The molecule has 8 heteroatoms. The van der Waals surface area contributed by atoms with E-state index in [1.165, 1.54) is 0 Å². The Morgan fingerprint density at radius 1 is 1.00 bits per heavy atom. The molecule has 0 atom stereocenters. The zero-order valence-electron chi connectivity index (χ0n) is 7.09. The third-order valence-corrected chi connectivity index (χ3v) is 1.55. The van der Waals surface area contributed by atoms with Gasteiger partial charge in [-0.15, -0.1) is 6.58 Å². The molecule has 0 radical (unpaired) electrons. The first-order chi connectivity index (χ1) is 6.50. The number of halogens is 8. The average Bonchev–Trinajstić information content (AvgIpc) is 2.02. The number of alkyl halides is 8. The van der Waals surface area contributed by atoms with E-state index in [1.807, 2.05) is 0 Å². The minimum atomic E-state index is -6.12. The van der Waals surface area contributed by atoms with Gasteiger partial charge in [-0.25, -0.2) is 8.78 Å². The zero-order chi connectivity index (χ0) is 12.5. The Hall–Kier alpha value is -0.820. The summed E-state index contributed by atoms with van der Waals surface area (Å²) in [6, 6.07) is 0. The first kappa shape index (κ1) is 14.2. The molecule has 0 unspecified atom stereocenters. The Kier molecular flexibility index (Phi) is 3.76. The molecule has 0 heterocycles. The lowest BCUT2D eigenvalue weighted by atomic mass is 10.0. The Bertz CT molecular complexity index is 231. The van der Waals surface area contributed by atoms with E-state index in [2.05, 4.69) is 6.58 Å². The van der Waals surface area contributed by atoms with Crippen LogP contribution in [0.1, 0.15) is 6.42 Å². The standard InChI is InChI=1S/C7H6F8/c1-2-3-5(10,11)7(14,15)6(12,13)4(8)9/h2,4H,1,3H2. The molecule has 0 aromatic carbocycles. The lowest BCUT2D eigenvalue weighted by Crippen LogP contribution is -2.57. The van der Waals surface area contributed by atoms with Crippen LogP contribution in [0.3, 0.4) is 0 Å². The highest BCUT2D eigenvalue weighted by atomic mass is 19.4. The van der Waals surface area contributed by atoms with Crippen molar-refractivity contribution in [1.29, 1.82) is 0 Å². The monoisotopic (exact) mass is 242 g/mol. The van der Waals surface area contributed by atoms with E-state index in [-0.39, 0.29) is 6.08 Å². The summed E-state index contributed by atoms with van der Waals surface area (Å²) in [5.41, 5.74) is 0. The van der Waals surface area contributed by atoms with Gasteiger partial charge in [-0.2, -0.15) is 26.3 Å². The van der Waals surface area contributed by atoms with Gasteiger partial charge in [-0.05, 0) is 0 Å². The van der Waals surface area contributed by atoms with Gasteiger partial charge in [0.1, 0.15) is 0 Å². The van der Waals surface area contributed by atoms with Crippen molar-refractivity contribution in [3.05, 3.63) is 12.7 Å². The molecule has 0 bridgehead atoms. The van der Waals surface area contributed by atoms with Crippen molar-refractivity contribution in [2.45, 2.75) is 30.6 Å². The quantitative estimate of drug-likeness (QED) is 0.509. The summed E-state index contributed by atoms with van der Waals surface area (Å²) < 4.78 is 96.9. The average molecular weight is 242 g/mol. The second-order valence-corrected chi connectivity index (χ2v) is 2.70. The molecule has 0 spiro atoms. The topological polar surface area (TPSA) is 0 Å². The second kappa shape index (κ2) is 3.97. The van der Waals surface area contributed by atoms with Crippen molar-refractivity contribution in [1.82, 2.24) is 0 Å². The van der Waals surface area contributed by atoms with Crippen LogP contribution in [0.5, 0.6) is 0 Å².